The fraction of sp³-hybridized carbons (Fsp3) is 0.438. The van der Waals surface area contributed by atoms with E-state index >= 15 is 0 Å². The first kappa shape index (κ1) is 17.7. The summed E-state index contributed by atoms with van der Waals surface area (Å²) in [4.78, 5) is 34.9. The lowest BCUT2D eigenvalue weighted by Gasteiger charge is -2.20. The van der Waals surface area contributed by atoms with Crippen molar-refractivity contribution in [1.29, 1.82) is 0 Å². The molecule has 0 spiro atoms. The quantitative estimate of drug-likeness (QED) is 0.644. The average Bonchev–Trinajstić information content (AvgIpc) is 2.37. The van der Waals surface area contributed by atoms with Gasteiger partial charge in [0.2, 0.25) is 11.8 Å². The summed E-state index contributed by atoms with van der Waals surface area (Å²) < 4.78 is 4.87. The van der Waals surface area contributed by atoms with Gasteiger partial charge in [-0.05, 0) is 52.0 Å². The number of amides is 2. The Labute approximate surface area is 130 Å². The minimum atomic E-state index is -0.412. The molecule has 1 aromatic carbocycles. The highest BCUT2D eigenvalue weighted by Gasteiger charge is 2.16. The Balaban J connectivity index is 2.55. The van der Waals surface area contributed by atoms with E-state index in [-0.39, 0.29) is 17.9 Å². The number of rotatable bonds is 5. The van der Waals surface area contributed by atoms with Crippen molar-refractivity contribution in [2.24, 2.45) is 0 Å². The normalized spacial score (nSPS) is 10.7. The average molecular weight is 306 g/mol. The van der Waals surface area contributed by atoms with Crippen LogP contribution in [0.15, 0.2) is 24.3 Å². The first-order chi connectivity index (χ1) is 10.2. The SMILES string of the molecule is CCOC(=O)c1ccc(NC(=O)CC(=O)NC(C)(C)C)cc1. The zero-order valence-corrected chi connectivity index (χ0v) is 13.4. The maximum atomic E-state index is 11.8. The van der Waals surface area contributed by atoms with E-state index in [1.165, 1.54) is 0 Å². The third-order valence-corrected chi connectivity index (χ3v) is 2.52. The lowest BCUT2D eigenvalue weighted by Crippen LogP contribution is -2.41. The largest absolute Gasteiger partial charge is 0.462 e. The van der Waals surface area contributed by atoms with E-state index < -0.39 is 11.9 Å². The summed E-state index contributed by atoms with van der Waals surface area (Å²) in [6.45, 7) is 7.57. The molecule has 6 heteroatoms. The van der Waals surface area contributed by atoms with Crippen LogP contribution in [0.2, 0.25) is 0 Å². The smallest absolute Gasteiger partial charge is 0.338 e. The lowest BCUT2D eigenvalue weighted by atomic mass is 10.1. The van der Waals surface area contributed by atoms with Gasteiger partial charge >= 0.3 is 5.97 Å². The van der Waals surface area contributed by atoms with Crippen LogP contribution in [0.25, 0.3) is 0 Å². The van der Waals surface area contributed by atoms with Crippen molar-refractivity contribution in [3.63, 3.8) is 0 Å². The fourth-order valence-electron chi connectivity index (χ4n) is 1.72. The molecule has 0 saturated carbocycles. The summed E-state index contributed by atoms with van der Waals surface area (Å²) >= 11 is 0. The van der Waals surface area contributed by atoms with E-state index in [0.29, 0.717) is 17.9 Å². The molecule has 0 unspecified atom stereocenters. The summed E-state index contributed by atoms with van der Waals surface area (Å²) in [5.74, 6) is -1.16. The Bertz CT molecular complexity index is 544. The maximum absolute atomic E-state index is 11.8. The standard InChI is InChI=1S/C16H22N2O4/c1-5-22-15(21)11-6-8-12(9-7-11)17-13(19)10-14(20)18-16(2,3)4/h6-9H,5,10H2,1-4H3,(H,17,19)(H,18,20). The number of esters is 1. The van der Waals surface area contributed by atoms with E-state index in [1.807, 2.05) is 20.8 Å². The third-order valence-electron chi connectivity index (χ3n) is 2.52. The highest BCUT2D eigenvalue weighted by molar-refractivity contribution is 6.03. The van der Waals surface area contributed by atoms with E-state index in [9.17, 15) is 14.4 Å². The van der Waals surface area contributed by atoms with E-state index in [2.05, 4.69) is 10.6 Å². The van der Waals surface area contributed by atoms with Crippen LogP contribution in [-0.2, 0) is 14.3 Å². The predicted octanol–water partition coefficient (Wildman–Crippen LogP) is 2.11. The first-order valence-corrected chi connectivity index (χ1v) is 7.09. The second-order valence-corrected chi connectivity index (χ2v) is 5.82. The maximum Gasteiger partial charge on any atom is 0.338 e. The van der Waals surface area contributed by atoms with Crippen LogP contribution in [0.5, 0.6) is 0 Å². The number of nitrogens with one attached hydrogen (secondary N) is 2. The van der Waals surface area contributed by atoms with E-state index in [0.717, 1.165) is 0 Å². The summed E-state index contributed by atoms with van der Waals surface area (Å²) in [7, 11) is 0. The highest BCUT2D eigenvalue weighted by atomic mass is 16.5. The number of hydrogen-bond acceptors (Lipinski definition) is 4. The number of carbonyl (C=O) groups is 3. The molecule has 0 saturated heterocycles. The Morgan fingerprint density at radius 3 is 2.14 bits per heavy atom. The molecule has 0 aliphatic rings. The van der Waals surface area contributed by atoms with Gasteiger partial charge < -0.3 is 15.4 Å². The van der Waals surface area contributed by atoms with E-state index in [1.54, 1.807) is 31.2 Å². The van der Waals surface area contributed by atoms with Gasteiger partial charge in [-0.15, -0.1) is 0 Å². The van der Waals surface area contributed by atoms with Gasteiger partial charge in [0.1, 0.15) is 6.42 Å². The van der Waals surface area contributed by atoms with Gasteiger partial charge in [-0.25, -0.2) is 4.79 Å². The van der Waals surface area contributed by atoms with Crippen molar-refractivity contribution >= 4 is 23.5 Å². The Hall–Kier alpha value is -2.37. The minimum absolute atomic E-state index is 0.253. The summed E-state index contributed by atoms with van der Waals surface area (Å²) in [5, 5.41) is 5.32. The Kier molecular flexibility index (Phi) is 6.10. The van der Waals surface area contributed by atoms with Crippen molar-refractivity contribution in [3.05, 3.63) is 29.8 Å². The first-order valence-electron chi connectivity index (χ1n) is 7.09. The molecular weight excluding hydrogens is 284 g/mol. The van der Waals surface area contributed by atoms with Crippen LogP contribution in [0.3, 0.4) is 0 Å². The molecule has 120 valence electrons. The molecular formula is C16H22N2O4. The fourth-order valence-corrected chi connectivity index (χ4v) is 1.72. The molecule has 0 aliphatic heterocycles. The van der Waals surface area contributed by atoms with Gasteiger partial charge in [0.05, 0.1) is 12.2 Å². The zero-order chi connectivity index (χ0) is 16.8. The number of anilines is 1. The molecule has 0 aromatic heterocycles. The summed E-state index contributed by atoms with van der Waals surface area (Å²) in [6.07, 6.45) is -0.253. The molecule has 6 nitrogen and oxygen atoms in total. The topological polar surface area (TPSA) is 84.5 Å². The Morgan fingerprint density at radius 2 is 1.64 bits per heavy atom. The Morgan fingerprint density at radius 1 is 1.05 bits per heavy atom. The van der Waals surface area contributed by atoms with Crippen LogP contribution in [0.1, 0.15) is 44.5 Å². The summed E-state index contributed by atoms with van der Waals surface area (Å²) in [5.41, 5.74) is 0.547. The van der Waals surface area contributed by atoms with Gasteiger partial charge in [-0.1, -0.05) is 0 Å². The second kappa shape index (κ2) is 7.59. The van der Waals surface area contributed by atoms with Crippen LogP contribution < -0.4 is 10.6 Å². The predicted molar refractivity (Wildman–Crippen MR) is 83.5 cm³/mol. The van der Waals surface area contributed by atoms with Gasteiger partial charge in [0.25, 0.3) is 0 Å². The van der Waals surface area contributed by atoms with Gasteiger partial charge in [-0.3, -0.25) is 9.59 Å². The van der Waals surface area contributed by atoms with Gasteiger partial charge in [0.15, 0.2) is 0 Å². The van der Waals surface area contributed by atoms with Crippen molar-refractivity contribution in [1.82, 2.24) is 5.32 Å². The molecule has 0 radical (unpaired) electrons. The number of hydrogen-bond donors (Lipinski definition) is 2. The minimum Gasteiger partial charge on any atom is -0.462 e. The van der Waals surface area contributed by atoms with Gasteiger partial charge in [-0.2, -0.15) is 0 Å². The molecule has 22 heavy (non-hydrogen) atoms. The lowest BCUT2D eigenvalue weighted by molar-refractivity contribution is -0.127. The summed E-state index contributed by atoms with van der Waals surface area (Å²) in [6, 6.07) is 6.29. The number of ether oxygens (including phenoxy) is 1. The molecule has 0 fully saturated rings. The van der Waals surface area contributed by atoms with Crippen LogP contribution in [0.4, 0.5) is 5.69 Å². The van der Waals surface area contributed by atoms with Crippen LogP contribution >= 0.6 is 0 Å². The molecule has 0 atom stereocenters. The molecule has 1 rings (SSSR count). The van der Waals surface area contributed by atoms with Crippen molar-refractivity contribution < 1.29 is 19.1 Å². The number of carbonyl (C=O) groups excluding carboxylic acids is 3. The van der Waals surface area contributed by atoms with Crippen molar-refractivity contribution in [3.8, 4) is 0 Å². The molecule has 2 N–H and O–H groups in total. The van der Waals surface area contributed by atoms with Crippen LogP contribution in [0, 0.1) is 0 Å². The monoisotopic (exact) mass is 306 g/mol. The molecule has 0 aliphatic carbocycles. The molecule has 2 amide bonds. The third kappa shape index (κ3) is 6.39. The number of benzene rings is 1. The molecule has 0 bridgehead atoms. The molecule has 1 aromatic rings. The molecule has 0 heterocycles. The van der Waals surface area contributed by atoms with Crippen LogP contribution in [-0.4, -0.2) is 29.9 Å². The second-order valence-electron chi connectivity index (χ2n) is 5.82. The van der Waals surface area contributed by atoms with Crippen molar-refractivity contribution in [2.75, 3.05) is 11.9 Å². The highest BCUT2D eigenvalue weighted by Crippen LogP contribution is 2.11. The zero-order valence-electron chi connectivity index (χ0n) is 13.4. The van der Waals surface area contributed by atoms with Crippen molar-refractivity contribution in [2.45, 2.75) is 39.7 Å². The van der Waals surface area contributed by atoms with Gasteiger partial charge in [0, 0.05) is 11.2 Å². The van der Waals surface area contributed by atoms with E-state index in [4.69, 9.17) is 4.74 Å².